The highest BCUT2D eigenvalue weighted by atomic mass is 35.5. The van der Waals surface area contributed by atoms with Crippen molar-refractivity contribution in [2.24, 2.45) is 0 Å². The Kier molecular flexibility index (Phi) is 5.07. The van der Waals surface area contributed by atoms with Crippen molar-refractivity contribution in [2.75, 3.05) is 5.32 Å². The normalized spacial score (nSPS) is 10.7. The van der Waals surface area contributed by atoms with Gasteiger partial charge in [0.2, 0.25) is 0 Å². The van der Waals surface area contributed by atoms with Crippen molar-refractivity contribution in [3.05, 3.63) is 74.4 Å². The second-order valence-corrected chi connectivity index (χ2v) is 6.47. The number of benzene rings is 2. The number of amides is 1. The van der Waals surface area contributed by atoms with Gasteiger partial charge in [-0.15, -0.1) is 0 Å². The first-order valence-corrected chi connectivity index (χ1v) is 8.27. The molecule has 0 radical (unpaired) electrons. The molecular formula is C17H9Cl4NO2. The minimum atomic E-state index is -0.441. The van der Waals surface area contributed by atoms with Crippen molar-refractivity contribution in [3.8, 4) is 11.3 Å². The van der Waals surface area contributed by atoms with Crippen LogP contribution in [0.25, 0.3) is 11.3 Å². The van der Waals surface area contributed by atoms with Crippen molar-refractivity contribution in [3.63, 3.8) is 0 Å². The number of rotatable bonds is 3. The van der Waals surface area contributed by atoms with Gasteiger partial charge in [-0.2, -0.15) is 0 Å². The molecule has 0 saturated heterocycles. The fourth-order valence-corrected chi connectivity index (χ4v) is 2.92. The number of hydrogen-bond acceptors (Lipinski definition) is 2. The molecule has 0 saturated carbocycles. The number of nitrogens with one attached hydrogen (secondary N) is 1. The molecule has 1 heterocycles. The lowest BCUT2D eigenvalue weighted by Gasteiger charge is -2.06. The summed E-state index contributed by atoms with van der Waals surface area (Å²) in [7, 11) is 0. The van der Waals surface area contributed by atoms with Gasteiger partial charge in [-0.05, 0) is 42.5 Å². The molecule has 0 fully saturated rings. The Hall–Kier alpha value is -1.65. The summed E-state index contributed by atoms with van der Waals surface area (Å²) < 4.78 is 5.58. The second kappa shape index (κ2) is 7.08. The Labute approximate surface area is 158 Å². The van der Waals surface area contributed by atoms with E-state index in [9.17, 15) is 4.79 Å². The maximum absolute atomic E-state index is 12.3. The lowest BCUT2D eigenvalue weighted by Crippen LogP contribution is -2.11. The predicted molar refractivity (Wildman–Crippen MR) is 98.6 cm³/mol. The van der Waals surface area contributed by atoms with Gasteiger partial charge in [-0.3, -0.25) is 4.79 Å². The predicted octanol–water partition coefficient (Wildman–Crippen LogP) is 6.81. The van der Waals surface area contributed by atoms with Crippen LogP contribution in [0.1, 0.15) is 10.6 Å². The molecule has 122 valence electrons. The van der Waals surface area contributed by atoms with Gasteiger partial charge in [0.25, 0.3) is 5.91 Å². The fourth-order valence-electron chi connectivity index (χ4n) is 2.07. The molecule has 0 bridgehead atoms. The second-order valence-electron chi connectivity index (χ2n) is 4.84. The summed E-state index contributed by atoms with van der Waals surface area (Å²) in [5.74, 6) is 0.116. The Morgan fingerprint density at radius 3 is 2.46 bits per heavy atom. The average Bonchev–Trinajstić information content (AvgIpc) is 3.02. The standard InChI is InChI=1S/C17H9Cl4NO2/c18-9-4-5-13(12(20)8-9)22-17(23)15-7-6-14(24-15)10-2-1-3-11(19)16(10)21/h1-8H,(H,22,23). The Morgan fingerprint density at radius 1 is 0.917 bits per heavy atom. The van der Waals surface area contributed by atoms with Crippen LogP contribution in [-0.4, -0.2) is 5.91 Å². The Bertz CT molecular complexity index is 921. The van der Waals surface area contributed by atoms with Crippen LogP contribution >= 0.6 is 46.4 Å². The summed E-state index contributed by atoms with van der Waals surface area (Å²) in [6.07, 6.45) is 0. The summed E-state index contributed by atoms with van der Waals surface area (Å²) in [5, 5.41) is 4.25. The van der Waals surface area contributed by atoms with Crippen LogP contribution in [0.4, 0.5) is 5.69 Å². The molecule has 3 nitrogen and oxygen atoms in total. The van der Waals surface area contributed by atoms with Gasteiger partial charge in [0.1, 0.15) is 5.76 Å². The van der Waals surface area contributed by atoms with Crippen LogP contribution in [0.15, 0.2) is 52.9 Å². The molecule has 0 spiro atoms. The van der Waals surface area contributed by atoms with Gasteiger partial charge in [-0.25, -0.2) is 0 Å². The molecular weight excluding hydrogens is 392 g/mol. The van der Waals surface area contributed by atoms with Gasteiger partial charge in [0.15, 0.2) is 5.76 Å². The Balaban J connectivity index is 1.85. The van der Waals surface area contributed by atoms with Gasteiger partial charge in [0.05, 0.1) is 20.8 Å². The third kappa shape index (κ3) is 3.55. The van der Waals surface area contributed by atoms with Crippen LogP contribution in [-0.2, 0) is 0 Å². The maximum Gasteiger partial charge on any atom is 0.291 e. The van der Waals surface area contributed by atoms with Crippen molar-refractivity contribution in [1.29, 1.82) is 0 Å². The SMILES string of the molecule is O=C(Nc1ccc(Cl)cc1Cl)c1ccc(-c2cccc(Cl)c2Cl)o1. The van der Waals surface area contributed by atoms with Gasteiger partial charge >= 0.3 is 0 Å². The lowest BCUT2D eigenvalue weighted by atomic mass is 10.2. The van der Waals surface area contributed by atoms with E-state index >= 15 is 0 Å². The minimum Gasteiger partial charge on any atom is -0.451 e. The third-order valence-corrected chi connectivity index (χ3v) is 4.59. The van der Waals surface area contributed by atoms with E-state index in [4.69, 9.17) is 50.8 Å². The first-order chi connectivity index (χ1) is 11.5. The highest BCUT2D eigenvalue weighted by Crippen LogP contribution is 2.34. The van der Waals surface area contributed by atoms with Gasteiger partial charge in [0, 0.05) is 10.6 Å². The zero-order chi connectivity index (χ0) is 17.3. The molecule has 0 aliphatic heterocycles. The number of anilines is 1. The Morgan fingerprint density at radius 2 is 1.71 bits per heavy atom. The number of carbonyl (C=O) groups excluding carboxylic acids is 1. The first-order valence-electron chi connectivity index (χ1n) is 6.76. The fraction of sp³-hybridized carbons (Fsp3) is 0. The molecule has 1 aromatic heterocycles. The first kappa shape index (κ1) is 17.2. The van der Waals surface area contributed by atoms with Gasteiger partial charge < -0.3 is 9.73 Å². The van der Waals surface area contributed by atoms with Crippen molar-refractivity contribution in [1.82, 2.24) is 0 Å². The third-order valence-electron chi connectivity index (χ3n) is 3.23. The maximum atomic E-state index is 12.3. The van der Waals surface area contributed by atoms with E-state index in [1.807, 2.05) is 0 Å². The van der Waals surface area contributed by atoms with Crippen LogP contribution < -0.4 is 5.32 Å². The van der Waals surface area contributed by atoms with Crippen LogP contribution in [0.5, 0.6) is 0 Å². The number of hydrogen-bond donors (Lipinski definition) is 1. The molecule has 24 heavy (non-hydrogen) atoms. The molecule has 0 aliphatic rings. The summed E-state index contributed by atoms with van der Waals surface area (Å²) in [5.41, 5.74) is 1.04. The number of halogens is 4. The molecule has 0 atom stereocenters. The minimum absolute atomic E-state index is 0.118. The smallest absolute Gasteiger partial charge is 0.291 e. The quantitative estimate of drug-likeness (QED) is 0.524. The molecule has 1 N–H and O–H groups in total. The summed E-state index contributed by atoms with van der Waals surface area (Å²) in [4.78, 5) is 12.3. The monoisotopic (exact) mass is 399 g/mol. The molecule has 3 rings (SSSR count). The molecule has 0 unspecified atom stereocenters. The van der Waals surface area contributed by atoms with Crippen molar-refractivity contribution < 1.29 is 9.21 Å². The lowest BCUT2D eigenvalue weighted by molar-refractivity contribution is 0.0997. The largest absolute Gasteiger partial charge is 0.451 e. The van der Waals surface area contributed by atoms with Crippen LogP contribution in [0.2, 0.25) is 20.1 Å². The van der Waals surface area contributed by atoms with Gasteiger partial charge in [-0.1, -0.05) is 52.5 Å². The van der Waals surface area contributed by atoms with E-state index < -0.39 is 5.91 Å². The van der Waals surface area contributed by atoms with Crippen molar-refractivity contribution in [2.45, 2.75) is 0 Å². The van der Waals surface area contributed by atoms with E-state index in [0.717, 1.165) is 0 Å². The van der Waals surface area contributed by atoms with E-state index in [2.05, 4.69) is 5.32 Å². The highest BCUT2D eigenvalue weighted by molar-refractivity contribution is 6.43. The summed E-state index contributed by atoms with van der Waals surface area (Å²) in [6, 6.07) is 13.2. The van der Waals surface area contributed by atoms with E-state index in [1.165, 1.54) is 6.07 Å². The number of carbonyl (C=O) groups is 1. The van der Waals surface area contributed by atoms with Crippen molar-refractivity contribution >= 4 is 58.0 Å². The zero-order valence-corrected chi connectivity index (χ0v) is 15.0. The number of furan rings is 1. The molecule has 0 aliphatic carbocycles. The summed E-state index contributed by atoms with van der Waals surface area (Å²) >= 11 is 24.0. The molecule has 7 heteroatoms. The average molecular weight is 401 g/mol. The van der Waals surface area contributed by atoms with Crippen LogP contribution in [0.3, 0.4) is 0 Å². The van der Waals surface area contributed by atoms with E-state index in [1.54, 1.807) is 42.5 Å². The van der Waals surface area contributed by atoms with E-state index in [0.29, 0.717) is 37.1 Å². The molecule has 2 aromatic carbocycles. The topological polar surface area (TPSA) is 42.2 Å². The zero-order valence-electron chi connectivity index (χ0n) is 11.9. The van der Waals surface area contributed by atoms with E-state index in [-0.39, 0.29) is 5.76 Å². The van der Waals surface area contributed by atoms with Crippen LogP contribution in [0, 0.1) is 0 Å². The highest BCUT2D eigenvalue weighted by Gasteiger charge is 2.16. The summed E-state index contributed by atoms with van der Waals surface area (Å²) in [6.45, 7) is 0. The molecule has 3 aromatic rings. The molecule has 1 amide bonds.